The van der Waals surface area contributed by atoms with Crippen molar-refractivity contribution in [3.63, 3.8) is 0 Å². The summed E-state index contributed by atoms with van der Waals surface area (Å²) in [5.41, 5.74) is 0.641. The number of anilines is 1. The molecule has 23 heavy (non-hydrogen) atoms. The molecule has 0 aliphatic carbocycles. The van der Waals surface area contributed by atoms with Gasteiger partial charge in [0.05, 0.1) is 6.54 Å². The van der Waals surface area contributed by atoms with E-state index in [-0.39, 0.29) is 5.41 Å². The Morgan fingerprint density at radius 2 is 1.83 bits per heavy atom. The summed E-state index contributed by atoms with van der Waals surface area (Å²) in [6.45, 7) is 7.52. The van der Waals surface area contributed by atoms with Gasteiger partial charge in [-0.15, -0.1) is 15.3 Å². The van der Waals surface area contributed by atoms with Gasteiger partial charge in [0.25, 0.3) is 0 Å². The molecule has 0 radical (unpaired) electrons. The van der Waals surface area contributed by atoms with Gasteiger partial charge in [-0.05, 0) is 24.3 Å². The van der Waals surface area contributed by atoms with Crippen molar-refractivity contribution >= 4 is 11.5 Å². The molecule has 1 aromatic carbocycles. The number of para-hydroxylation sites is 1. The zero-order valence-electron chi connectivity index (χ0n) is 13.7. The van der Waals surface area contributed by atoms with Crippen LogP contribution in [0, 0.1) is 0 Å². The predicted octanol–water partition coefficient (Wildman–Crippen LogP) is 2.91. The lowest BCUT2D eigenvalue weighted by molar-refractivity contribution is 0.332. The Hall–Kier alpha value is -2.63. The highest BCUT2D eigenvalue weighted by atomic mass is 16.5. The molecule has 2 heterocycles. The zero-order chi connectivity index (χ0) is 16.3. The summed E-state index contributed by atoms with van der Waals surface area (Å²) in [7, 11) is 0. The van der Waals surface area contributed by atoms with E-state index >= 15 is 0 Å². The second-order valence-electron chi connectivity index (χ2n) is 6.35. The molecule has 0 saturated heterocycles. The first-order valence-electron chi connectivity index (χ1n) is 7.69. The van der Waals surface area contributed by atoms with E-state index in [1.807, 2.05) is 42.5 Å². The average molecular weight is 311 g/mol. The van der Waals surface area contributed by atoms with Gasteiger partial charge in [-0.25, -0.2) is 0 Å². The van der Waals surface area contributed by atoms with Crippen molar-refractivity contribution in [2.45, 2.75) is 26.2 Å². The first kappa shape index (κ1) is 15.3. The standard InChI is InChI=1S/C17H21N5O/c1-17(2,3)16-20-19-15-10-9-14(21-22(15)16)18-11-12-23-13-7-5-4-6-8-13/h4-10H,11-12H2,1-3H3,(H,18,21). The lowest BCUT2D eigenvalue weighted by Crippen LogP contribution is -2.18. The maximum atomic E-state index is 5.66. The minimum Gasteiger partial charge on any atom is -0.492 e. The molecule has 2 aromatic heterocycles. The molecule has 3 aromatic rings. The second-order valence-corrected chi connectivity index (χ2v) is 6.35. The number of nitrogens with zero attached hydrogens (tertiary/aromatic N) is 4. The van der Waals surface area contributed by atoms with Crippen LogP contribution in [-0.2, 0) is 5.41 Å². The molecule has 3 rings (SSSR count). The van der Waals surface area contributed by atoms with E-state index in [9.17, 15) is 0 Å². The largest absolute Gasteiger partial charge is 0.492 e. The highest BCUT2D eigenvalue weighted by Crippen LogP contribution is 2.20. The fourth-order valence-corrected chi connectivity index (χ4v) is 2.22. The van der Waals surface area contributed by atoms with Gasteiger partial charge in [-0.1, -0.05) is 39.0 Å². The second kappa shape index (κ2) is 6.24. The van der Waals surface area contributed by atoms with Crippen molar-refractivity contribution in [2.24, 2.45) is 0 Å². The molecule has 0 aliphatic rings. The van der Waals surface area contributed by atoms with E-state index < -0.39 is 0 Å². The summed E-state index contributed by atoms with van der Waals surface area (Å²) in [4.78, 5) is 0. The molecular formula is C17H21N5O. The van der Waals surface area contributed by atoms with Crippen molar-refractivity contribution in [2.75, 3.05) is 18.5 Å². The topological polar surface area (TPSA) is 64.3 Å². The minimum absolute atomic E-state index is 0.110. The Bertz CT molecular complexity index is 777. The maximum Gasteiger partial charge on any atom is 0.178 e. The number of nitrogens with one attached hydrogen (secondary N) is 1. The van der Waals surface area contributed by atoms with Crippen LogP contribution in [0.5, 0.6) is 5.75 Å². The van der Waals surface area contributed by atoms with Crippen LogP contribution in [0.25, 0.3) is 5.65 Å². The summed E-state index contributed by atoms with van der Waals surface area (Å²) in [5, 5.41) is 16.2. The predicted molar refractivity (Wildman–Crippen MR) is 89.9 cm³/mol. The van der Waals surface area contributed by atoms with Gasteiger partial charge in [0, 0.05) is 5.41 Å². The third-order valence-corrected chi connectivity index (χ3v) is 3.35. The van der Waals surface area contributed by atoms with Gasteiger partial charge < -0.3 is 10.1 Å². The highest BCUT2D eigenvalue weighted by Gasteiger charge is 2.21. The molecular weight excluding hydrogens is 290 g/mol. The van der Waals surface area contributed by atoms with Gasteiger partial charge >= 0.3 is 0 Å². The van der Waals surface area contributed by atoms with Crippen LogP contribution in [0.3, 0.4) is 0 Å². The molecule has 0 atom stereocenters. The molecule has 0 fully saturated rings. The van der Waals surface area contributed by atoms with Crippen molar-refractivity contribution in [1.29, 1.82) is 0 Å². The summed E-state index contributed by atoms with van der Waals surface area (Å²) in [5.74, 6) is 2.49. The fraction of sp³-hybridized carbons (Fsp3) is 0.353. The van der Waals surface area contributed by atoms with Crippen LogP contribution in [0.15, 0.2) is 42.5 Å². The molecule has 6 heteroatoms. The highest BCUT2D eigenvalue weighted by molar-refractivity contribution is 5.44. The first-order valence-corrected chi connectivity index (χ1v) is 7.69. The molecule has 1 N–H and O–H groups in total. The Kier molecular flexibility index (Phi) is 4.14. The van der Waals surface area contributed by atoms with Gasteiger partial charge in [-0.3, -0.25) is 0 Å². The van der Waals surface area contributed by atoms with Crippen LogP contribution < -0.4 is 10.1 Å². The van der Waals surface area contributed by atoms with Crippen LogP contribution in [-0.4, -0.2) is 33.0 Å². The van der Waals surface area contributed by atoms with Crippen molar-refractivity contribution in [3.8, 4) is 5.75 Å². The Morgan fingerprint density at radius 1 is 1.04 bits per heavy atom. The third kappa shape index (κ3) is 3.59. The van der Waals surface area contributed by atoms with Crippen LogP contribution in [0.2, 0.25) is 0 Å². The first-order chi connectivity index (χ1) is 11.0. The Balaban J connectivity index is 1.64. The number of aromatic nitrogens is 4. The van der Waals surface area contributed by atoms with E-state index in [2.05, 4.69) is 41.4 Å². The fourth-order valence-electron chi connectivity index (χ4n) is 2.22. The van der Waals surface area contributed by atoms with E-state index in [0.29, 0.717) is 13.2 Å². The number of benzene rings is 1. The van der Waals surface area contributed by atoms with E-state index in [4.69, 9.17) is 4.74 Å². The molecule has 0 unspecified atom stereocenters. The third-order valence-electron chi connectivity index (χ3n) is 3.35. The smallest absolute Gasteiger partial charge is 0.178 e. The quantitative estimate of drug-likeness (QED) is 0.734. The van der Waals surface area contributed by atoms with E-state index in [1.165, 1.54) is 0 Å². The Morgan fingerprint density at radius 3 is 2.57 bits per heavy atom. The molecule has 0 aliphatic heterocycles. The number of hydrogen-bond donors (Lipinski definition) is 1. The zero-order valence-corrected chi connectivity index (χ0v) is 13.7. The molecule has 0 saturated carbocycles. The van der Waals surface area contributed by atoms with Crippen molar-refractivity contribution in [3.05, 3.63) is 48.3 Å². The van der Waals surface area contributed by atoms with Crippen LogP contribution >= 0.6 is 0 Å². The van der Waals surface area contributed by atoms with Gasteiger partial charge in [0.1, 0.15) is 18.2 Å². The average Bonchev–Trinajstić information content (AvgIpc) is 2.96. The van der Waals surface area contributed by atoms with Crippen LogP contribution in [0.4, 0.5) is 5.82 Å². The Labute approximate surface area is 135 Å². The lowest BCUT2D eigenvalue weighted by atomic mass is 9.96. The summed E-state index contributed by atoms with van der Waals surface area (Å²) in [6.07, 6.45) is 0. The number of rotatable bonds is 5. The van der Waals surface area contributed by atoms with Gasteiger partial charge in [-0.2, -0.15) is 4.52 Å². The minimum atomic E-state index is -0.110. The molecule has 0 spiro atoms. The number of hydrogen-bond acceptors (Lipinski definition) is 5. The van der Waals surface area contributed by atoms with Crippen molar-refractivity contribution in [1.82, 2.24) is 19.8 Å². The maximum absolute atomic E-state index is 5.66. The summed E-state index contributed by atoms with van der Waals surface area (Å²) in [6, 6.07) is 13.6. The molecule has 6 nitrogen and oxygen atoms in total. The van der Waals surface area contributed by atoms with Gasteiger partial charge in [0.15, 0.2) is 11.5 Å². The van der Waals surface area contributed by atoms with Gasteiger partial charge in [0.2, 0.25) is 0 Å². The summed E-state index contributed by atoms with van der Waals surface area (Å²) >= 11 is 0. The summed E-state index contributed by atoms with van der Waals surface area (Å²) < 4.78 is 7.45. The molecule has 0 amide bonds. The van der Waals surface area contributed by atoms with Crippen LogP contribution in [0.1, 0.15) is 26.6 Å². The monoisotopic (exact) mass is 311 g/mol. The number of ether oxygens (including phenoxy) is 1. The molecule has 120 valence electrons. The van der Waals surface area contributed by atoms with Crippen molar-refractivity contribution < 1.29 is 4.74 Å². The lowest BCUT2D eigenvalue weighted by Gasteiger charge is -2.15. The van der Waals surface area contributed by atoms with E-state index in [0.717, 1.165) is 23.0 Å². The SMILES string of the molecule is CC(C)(C)c1nnc2ccc(NCCOc3ccccc3)nn12. The normalized spacial score (nSPS) is 11.6. The number of fused-ring (bicyclic) bond motifs is 1. The van der Waals surface area contributed by atoms with E-state index in [1.54, 1.807) is 4.52 Å². The molecule has 0 bridgehead atoms.